The van der Waals surface area contributed by atoms with Gasteiger partial charge in [0.15, 0.2) is 5.96 Å². The van der Waals surface area contributed by atoms with Gasteiger partial charge in [-0.3, -0.25) is 0 Å². The lowest BCUT2D eigenvalue weighted by atomic mass is 10.2. The molecule has 1 aromatic carbocycles. The second kappa shape index (κ2) is 9.11. The Morgan fingerprint density at radius 1 is 1.27 bits per heavy atom. The van der Waals surface area contributed by atoms with Gasteiger partial charge in [-0.25, -0.2) is 23.5 Å². The van der Waals surface area contributed by atoms with Gasteiger partial charge in [-0.15, -0.1) is 11.3 Å². The monoisotopic (exact) mass is 395 g/mol. The second-order valence-electron chi connectivity index (χ2n) is 6.06. The highest BCUT2D eigenvalue weighted by atomic mass is 32.2. The Balaban J connectivity index is 1.99. The van der Waals surface area contributed by atoms with Gasteiger partial charge >= 0.3 is 0 Å². The van der Waals surface area contributed by atoms with Crippen LogP contribution in [0.1, 0.15) is 43.0 Å². The summed E-state index contributed by atoms with van der Waals surface area (Å²) >= 11 is 1.63. The minimum absolute atomic E-state index is 0.0972. The Labute approximate surface area is 158 Å². The Kier molecular flexibility index (Phi) is 7.13. The van der Waals surface area contributed by atoms with Gasteiger partial charge in [-0.05, 0) is 30.5 Å². The molecule has 0 unspecified atom stereocenters. The predicted octanol–water partition coefficient (Wildman–Crippen LogP) is 2.17. The van der Waals surface area contributed by atoms with Gasteiger partial charge in [-0.2, -0.15) is 0 Å². The number of primary sulfonamides is 1. The Morgan fingerprint density at radius 2 is 1.96 bits per heavy atom. The number of thiazole rings is 1. The van der Waals surface area contributed by atoms with E-state index in [0.717, 1.165) is 22.8 Å². The molecule has 1 aromatic heterocycles. The van der Waals surface area contributed by atoms with Gasteiger partial charge < -0.3 is 10.6 Å². The Morgan fingerprint density at radius 3 is 2.50 bits per heavy atom. The van der Waals surface area contributed by atoms with E-state index in [1.165, 1.54) is 12.1 Å². The molecular formula is C17H25N5O2S2. The first-order valence-corrected chi connectivity index (χ1v) is 10.8. The van der Waals surface area contributed by atoms with Crippen LogP contribution in [0.15, 0.2) is 39.5 Å². The number of rotatable bonds is 7. The van der Waals surface area contributed by atoms with Crippen molar-refractivity contribution in [3.05, 3.63) is 45.9 Å². The zero-order valence-electron chi connectivity index (χ0n) is 15.2. The molecule has 26 heavy (non-hydrogen) atoms. The molecule has 0 saturated heterocycles. The maximum atomic E-state index is 11.3. The number of nitrogens with zero attached hydrogens (tertiary/aromatic N) is 2. The standard InChI is InChI=1S/C17H25N5O2S2/c1-4-19-17(21-10-16-22-15(11-25-16)12(2)3)20-9-13-5-7-14(8-6-13)26(18,23)24/h5-8,11-12H,4,9-10H2,1-3H3,(H2,18,23,24)(H2,19,20,21). The molecule has 0 spiro atoms. The molecule has 0 fully saturated rings. The lowest BCUT2D eigenvalue weighted by Crippen LogP contribution is -2.36. The van der Waals surface area contributed by atoms with Crippen molar-refractivity contribution in [3.8, 4) is 0 Å². The van der Waals surface area contributed by atoms with Crippen molar-refractivity contribution in [1.82, 2.24) is 15.6 Å². The maximum absolute atomic E-state index is 11.3. The zero-order valence-corrected chi connectivity index (χ0v) is 16.8. The van der Waals surface area contributed by atoms with Gasteiger partial charge in [0.1, 0.15) is 5.01 Å². The van der Waals surface area contributed by atoms with E-state index >= 15 is 0 Å². The van der Waals surface area contributed by atoms with Gasteiger partial charge in [-0.1, -0.05) is 26.0 Å². The molecule has 0 aliphatic heterocycles. The first kappa shape index (κ1) is 20.3. The van der Waals surface area contributed by atoms with Crippen LogP contribution < -0.4 is 15.8 Å². The molecule has 142 valence electrons. The molecular weight excluding hydrogens is 370 g/mol. The van der Waals surface area contributed by atoms with Crippen molar-refractivity contribution in [3.63, 3.8) is 0 Å². The van der Waals surface area contributed by atoms with Crippen LogP contribution in [-0.2, 0) is 23.1 Å². The van der Waals surface area contributed by atoms with Crippen LogP contribution in [0.2, 0.25) is 0 Å². The van der Waals surface area contributed by atoms with Gasteiger partial charge in [0.2, 0.25) is 10.0 Å². The van der Waals surface area contributed by atoms with Crippen LogP contribution in [0, 0.1) is 0 Å². The van der Waals surface area contributed by atoms with Crippen molar-refractivity contribution in [1.29, 1.82) is 0 Å². The molecule has 0 aliphatic carbocycles. The van der Waals surface area contributed by atoms with Gasteiger partial charge in [0, 0.05) is 11.9 Å². The number of aromatic nitrogens is 1. The van der Waals surface area contributed by atoms with E-state index in [0.29, 0.717) is 25.0 Å². The molecule has 9 heteroatoms. The average molecular weight is 396 g/mol. The Hall–Kier alpha value is -1.97. The summed E-state index contributed by atoms with van der Waals surface area (Å²) < 4.78 is 22.6. The second-order valence-corrected chi connectivity index (χ2v) is 8.56. The van der Waals surface area contributed by atoms with Crippen LogP contribution in [0.5, 0.6) is 0 Å². The number of nitrogens with two attached hydrogens (primary N) is 1. The zero-order chi connectivity index (χ0) is 19.2. The maximum Gasteiger partial charge on any atom is 0.238 e. The quantitative estimate of drug-likeness (QED) is 0.492. The molecule has 4 N–H and O–H groups in total. The molecule has 0 bridgehead atoms. The van der Waals surface area contributed by atoms with Crippen molar-refractivity contribution in [2.24, 2.45) is 10.1 Å². The largest absolute Gasteiger partial charge is 0.357 e. The van der Waals surface area contributed by atoms with E-state index < -0.39 is 10.0 Å². The molecule has 2 rings (SSSR count). The summed E-state index contributed by atoms with van der Waals surface area (Å²) in [6.07, 6.45) is 0. The number of aliphatic imine (C=N–C) groups is 1. The van der Waals surface area contributed by atoms with E-state index in [4.69, 9.17) is 5.14 Å². The summed E-state index contributed by atoms with van der Waals surface area (Å²) in [4.78, 5) is 9.22. The third kappa shape index (κ3) is 6.08. The summed E-state index contributed by atoms with van der Waals surface area (Å²) in [5.74, 6) is 1.10. The fourth-order valence-corrected chi connectivity index (χ4v) is 3.54. The SMILES string of the molecule is CCNC(=NCc1ccc(S(N)(=O)=O)cc1)NCc1nc(C(C)C)cs1. The number of nitrogens with one attached hydrogen (secondary N) is 2. The molecule has 0 amide bonds. The van der Waals surface area contributed by atoms with Crippen LogP contribution >= 0.6 is 11.3 Å². The number of hydrogen-bond acceptors (Lipinski definition) is 5. The molecule has 0 atom stereocenters. The lowest BCUT2D eigenvalue weighted by molar-refractivity contribution is 0.598. The molecule has 0 radical (unpaired) electrons. The van der Waals surface area contributed by atoms with Crippen molar-refractivity contribution in [2.75, 3.05) is 6.54 Å². The summed E-state index contributed by atoms with van der Waals surface area (Å²) in [7, 11) is -3.67. The molecule has 2 aromatic rings. The molecule has 0 aliphatic rings. The molecule has 1 heterocycles. The third-order valence-corrected chi connectivity index (χ3v) is 5.38. The van der Waals surface area contributed by atoms with Crippen LogP contribution in [0.3, 0.4) is 0 Å². The minimum atomic E-state index is -3.67. The highest BCUT2D eigenvalue weighted by Gasteiger charge is 2.08. The normalized spacial score (nSPS) is 12.4. The summed E-state index contributed by atoms with van der Waals surface area (Å²) in [6, 6.07) is 6.40. The van der Waals surface area contributed by atoms with E-state index in [2.05, 4.69) is 39.8 Å². The molecule has 0 saturated carbocycles. The number of guanidine groups is 1. The number of sulfonamides is 1. The van der Waals surface area contributed by atoms with E-state index in [-0.39, 0.29) is 4.90 Å². The fraction of sp³-hybridized carbons (Fsp3) is 0.412. The first-order valence-electron chi connectivity index (χ1n) is 8.37. The summed E-state index contributed by atoms with van der Waals surface area (Å²) in [6.45, 7) is 8.02. The highest BCUT2D eigenvalue weighted by molar-refractivity contribution is 7.89. The molecule has 7 nitrogen and oxygen atoms in total. The van der Waals surface area contributed by atoms with Gasteiger partial charge in [0.05, 0.1) is 23.7 Å². The van der Waals surface area contributed by atoms with E-state index in [1.807, 2.05) is 6.92 Å². The highest BCUT2D eigenvalue weighted by Crippen LogP contribution is 2.17. The smallest absolute Gasteiger partial charge is 0.238 e. The fourth-order valence-electron chi connectivity index (χ4n) is 2.13. The van der Waals surface area contributed by atoms with Crippen LogP contribution in [0.25, 0.3) is 0 Å². The van der Waals surface area contributed by atoms with Crippen LogP contribution in [-0.4, -0.2) is 25.9 Å². The van der Waals surface area contributed by atoms with E-state index in [9.17, 15) is 8.42 Å². The average Bonchev–Trinajstić information content (AvgIpc) is 3.06. The van der Waals surface area contributed by atoms with Crippen molar-refractivity contribution >= 4 is 27.3 Å². The number of benzene rings is 1. The predicted molar refractivity (Wildman–Crippen MR) is 106 cm³/mol. The van der Waals surface area contributed by atoms with E-state index in [1.54, 1.807) is 23.5 Å². The van der Waals surface area contributed by atoms with Crippen LogP contribution in [0.4, 0.5) is 0 Å². The summed E-state index contributed by atoms with van der Waals surface area (Å²) in [5.41, 5.74) is 2.00. The van der Waals surface area contributed by atoms with Crippen molar-refractivity contribution in [2.45, 2.75) is 44.7 Å². The van der Waals surface area contributed by atoms with Crippen molar-refractivity contribution < 1.29 is 8.42 Å². The third-order valence-electron chi connectivity index (χ3n) is 3.58. The summed E-state index contributed by atoms with van der Waals surface area (Å²) in [5, 5.41) is 14.7. The number of hydrogen-bond donors (Lipinski definition) is 3. The topological polar surface area (TPSA) is 109 Å². The van der Waals surface area contributed by atoms with Gasteiger partial charge in [0.25, 0.3) is 0 Å². The lowest BCUT2D eigenvalue weighted by Gasteiger charge is -2.10. The minimum Gasteiger partial charge on any atom is -0.357 e. The first-order chi connectivity index (χ1) is 12.3. The Bertz CT molecular complexity index is 842.